The molecule has 0 unspecified atom stereocenters. The fourth-order valence-electron chi connectivity index (χ4n) is 5.08. The highest BCUT2D eigenvalue weighted by molar-refractivity contribution is 7.22. The second kappa shape index (κ2) is 10.9. The molecule has 3 aromatic heterocycles. The minimum Gasteiger partial charge on any atom is -0.467 e. The number of rotatable bonds is 6. The number of H-pyrrole nitrogens is 1. The van der Waals surface area contributed by atoms with Gasteiger partial charge < -0.3 is 9.47 Å². The first kappa shape index (κ1) is 28.0. The molecule has 1 N–H and O–H groups in total. The molecule has 0 fully saturated rings. The molecule has 3 heterocycles. The number of aromatic amines is 1. The number of hydrogen-bond donors (Lipinski definition) is 1. The molecule has 0 bridgehead atoms. The number of nitrogens with zero attached hydrogens (tertiary/aromatic N) is 3. The summed E-state index contributed by atoms with van der Waals surface area (Å²) in [4.78, 5) is 22.9. The second-order valence-electron chi connectivity index (χ2n) is 11.1. The van der Waals surface area contributed by atoms with Gasteiger partial charge in [0.25, 0.3) is 0 Å². The van der Waals surface area contributed by atoms with Crippen LogP contribution in [-0.2, 0) is 14.3 Å². The maximum atomic E-state index is 13.2. The van der Waals surface area contributed by atoms with Crippen LogP contribution in [0.25, 0.3) is 54.1 Å². The van der Waals surface area contributed by atoms with Gasteiger partial charge in [0.15, 0.2) is 6.10 Å². The molecule has 0 saturated carbocycles. The smallest absolute Gasteiger partial charge is 0.339 e. The monoisotopic (exact) mass is 596 g/mol. The van der Waals surface area contributed by atoms with Crippen molar-refractivity contribution in [1.82, 2.24) is 20.2 Å². The quantitative estimate of drug-likeness (QED) is 0.194. The molecule has 212 valence electrons. The number of hydrogen-bond acceptors (Lipinski definition) is 7. The Morgan fingerprint density at radius 3 is 2.50 bits per heavy atom. The van der Waals surface area contributed by atoms with Crippen LogP contribution in [0.1, 0.15) is 38.0 Å². The number of aryl methyl sites for hydroxylation is 1. The summed E-state index contributed by atoms with van der Waals surface area (Å²) in [5.41, 5.74) is 7.42. The van der Waals surface area contributed by atoms with E-state index in [1.54, 1.807) is 23.7 Å². The van der Waals surface area contributed by atoms with Gasteiger partial charge in [-0.3, -0.25) is 10.1 Å². The SMILES string of the molecule is COC(=O)[C@@H](OC(C)(C)C)c1c(C)cc2nc(-c3ccnc(-c4ccc5[nH]ncc5c4)c3)sc2c1-c1ccc(Cl)cc1. The zero-order valence-electron chi connectivity index (χ0n) is 23.9. The molecule has 3 aromatic carbocycles. The summed E-state index contributed by atoms with van der Waals surface area (Å²) in [5, 5.41) is 9.61. The summed E-state index contributed by atoms with van der Waals surface area (Å²) in [7, 11) is 1.38. The van der Waals surface area contributed by atoms with Gasteiger partial charge in [-0.05, 0) is 81.3 Å². The van der Waals surface area contributed by atoms with Crippen molar-refractivity contribution in [3.05, 3.63) is 89.2 Å². The molecule has 6 rings (SSSR count). The number of carbonyl (C=O) groups is 1. The molecule has 42 heavy (non-hydrogen) atoms. The maximum absolute atomic E-state index is 13.2. The van der Waals surface area contributed by atoms with Crippen LogP contribution in [-0.4, -0.2) is 38.8 Å². The summed E-state index contributed by atoms with van der Waals surface area (Å²) in [6.07, 6.45) is 2.68. The van der Waals surface area contributed by atoms with Crippen molar-refractivity contribution in [3.8, 4) is 33.0 Å². The Bertz CT molecular complexity index is 1940. The van der Waals surface area contributed by atoms with Gasteiger partial charge >= 0.3 is 5.97 Å². The van der Waals surface area contributed by atoms with E-state index in [2.05, 4.69) is 27.3 Å². The van der Waals surface area contributed by atoms with Gasteiger partial charge in [-0.1, -0.05) is 29.8 Å². The Morgan fingerprint density at radius 2 is 1.76 bits per heavy atom. The van der Waals surface area contributed by atoms with E-state index in [9.17, 15) is 4.79 Å². The number of ether oxygens (including phenoxy) is 2. The van der Waals surface area contributed by atoms with Crippen LogP contribution in [0, 0.1) is 6.92 Å². The van der Waals surface area contributed by atoms with E-state index in [-0.39, 0.29) is 0 Å². The van der Waals surface area contributed by atoms with Gasteiger partial charge in [0, 0.05) is 38.9 Å². The molecule has 0 aliphatic rings. The van der Waals surface area contributed by atoms with E-state index in [4.69, 9.17) is 26.1 Å². The fraction of sp³-hybridized carbons (Fsp3) is 0.212. The number of benzene rings is 3. The Kier molecular flexibility index (Phi) is 7.30. The Hall–Kier alpha value is -4.11. The number of nitrogens with one attached hydrogen (secondary N) is 1. The minimum absolute atomic E-state index is 0.458. The average molecular weight is 597 g/mol. The van der Waals surface area contributed by atoms with E-state index >= 15 is 0 Å². The maximum Gasteiger partial charge on any atom is 0.339 e. The van der Waals surface area contributed by atoms with E-state index in [0.717, 1.165) is 65.2 Å². The summed E-state index contributed by atoms with van der Waals surface area (Å²) < 4.78 is 12.5. The van der Waals surface area contributed by atoms with E-state index in [1.807, 2.05) is 76.2 Å². The Labute approximate surface area is 252 Å². The summed E-state index contributed by atoms with van der Waals surface area (Å²) in [6.45, 7) is 7.75. The third-order valence-electron chi connectivity index (χ3n) is 6.95. The Balaban J connectivity index is 1.54. The van der Waals surface area contributed by atoms with Crippen molar-refractivity contribution in [3.63, 3.8) is 0 Å². The predicted octanol–water partition coefficient (Wildman–Crippen LogP) is 8.56. The van der Waals surface area contributed by atoms with E-state index < -0.39 is 17.7 Å². The van der Waals surface area contributed by atoms with Crippen LogP contribution in [0.3, 0.4) is 0 Å². The number of carbonyl (C=O) groups excluding carboxylic acids is 1. The van der Waals surface area contributed by atoms with E-state index in [1.165, 1.54) is 7.11 Å². The van der Waals surface area contributed by atoms with Crippen molar-refractivity contribution in [2.75, 3.05) is 7.11 Å². The number of methoxy groups -OCH3 is 1. The number of halogens is 1. The zero-order chi connectivity index (χ0) is 29.6. The lowest BCUT2D eigenvalue weighted by atomic mass is 9.91. The summed E-state index contributed by atoms with van der Waals surface area (Å²) in [5.74, 6) is -0.458. The number of esters is 1. The lowest BCUT2D eigenvalue weighted by Crippen LogP contribution is -2.29. The Morgan fingerprint density at radius 1 is 1.00 bits per heavy atom. The lowest BCUT2D eigenvalue weighted by molar-refractivity contribution is -0.164. The largest absolute Gasteiger partial charge is 0.467 e. The highest BCUT2D eigenvalue weighted by Crippen LogP contribution is 2.44. The molecule has 0 saturated heterocycles. The highest BCUT2D eigenvalue weighted by Gasteiger charge is 2.33. The zero-order valence-corrected chi connectivity index (χ0v) is 25.4. The molecule has 0 radical (unpaired) electrons. The van der Waals surface area contributed by atoms with Gasteiger partial charge in [0.2, 0.25) is 0 Å². The molecule has 0 spiro atoms. The van der Waals surface area contributed by atoms with Crippen molar-refractivity contribution < 1.29 is 14.3 Å². The first-order chi connectivity index (χ1) is 20.1. The second-order valence-corrected chi connectivity index (χ2v) is 12.5. The van der Waals surface area contributed by atoms with Crippen molar-refractivity contribution in [1.29, 1.82) is 0 Å². The van der Waals surface area contributed by atoms with Crippen LogP contribution >= 0.6 is 22.9 Å². The van der Waals surface area contributed by atoms with Crippen molar-refractivity contribution in [2.45, 2.75) is 39.4 Å². The van der Waals surface area contributed by atoms with Crippen LogP contribution in [0.4, 0.5) is 0 Å². The summed E-state index contributed by atoms with van der Waals surface area (Å²) >= 11 is 7.83. The van der Waals surface area contributed by atoms with Gasteiger partial charge in [-0.25, -0.2) is 9.78 Å². The highest BCUT2D eigenvalue weighted by atomic mass is 35.5. The predicted molar refractivity (Wildman–Crippen MR) is 169 cm³/mol. The third kappa shape index (κ3) is 5.41. The number of fused-ring (bicyclic) bond motifs is 2. The molecule has 0 aliphatic carbocycles. The first-order valence-corrected chi connectivity index (χ1v) is 14.7. The van der Waals surface area contributed by atoms with Crippen LogP contribution in [0.15, 0.2) is 73.1 Å². The molecule has 1 atom stereocenters. The average Bonchev–Trinajstić information content (AvgIpc) is 3.62. The molecule has 0 aliphatic heterocycles. The molecule has 0 amide bonds. The van der Waals surface area contributed by atoms with Crippen molar-refractivity contribution in [2.24, 2.45) is 0 Å². The van der Waals surface area contributed by atoms with Gasteiger partial charge in [-0.15, -0.1) is 11.3 Å². The summed E-state index contributed by atoms with van der Waals surface area (Å²) in [6, 6.07) is 19.7. The van der Waals surface area contributed by atoms with Gasteiger partial charge in [-0.2, -0.15) is 5.10 Å². The topological polar surface area (TPSA) is 90.0 Å². The molecular weight excluding hydrogens is 568 g/mol. The van der Waals surface area contributed by atoms with E-state index in [0.29, 0.717) is 5.02 Å². The normalized spacial score (nSPS) is 12.6. The third-order valence-corrected chi connectivity index (χ3v) is 8.34. The van der Waals surface area contributed by atoms with Gasteiger partial charge in [0.05, 0.1) is 40.3 Å². The van der Waals surface area contributed by atoms with Crippen LogP contribution in [0.5, 0.6) is 0 Å². The molecule has 7 nitrogen and oxygen atoms in total. The lowest BCUT2D eigenvalue weighted by Gasteiger charge is -2.28. The first-order valence-electron chi connectivity index (χ1n) is 13.5. The number of aromatic nitrogens is 4. The fourth-order valence-corrected chi connectivity index (χ4v) is 6.33. The standard InChI is InChI=1S/C33H29ClN4O3S/c1-18-14-26-30(28(19-6-9-23(34)10-7-19)27(18)29(32(39)40-5)41-33(2,3)4)42-31(37-26)21-12-13-35-25(16-21)20-8-11-24-22(15-20)17-36-38-24/h6-17,29H,1-5H3,(H,36,38)/t29-/m0/s1. The van der Waals surface area contributed by atoms with Gasteiger partial charge in [0.1, 0.15) is 5.01 Å². The van der Waals surface area contributed by atoms with Crippen LogP contribution in [0.2, 0.25) is 5.02 Å². The molecule has 9 heteroatoms. The minimum atomic E-state index is -0.930. The number of thiazole rings is 1. The van der Waals surface area contributed by atoms with Crippen molar-refractivity contribution >= 4 is 50.0 Å². The molecule has 6 aromatic rings. The van der Waals surface area contributed by atoms with Crippen LogP contribution < -0.4 is 0 Å². The number of pyridine rings is 1. The molecular formula is C33H29ClN4O3S.